The third-order valence-electron chi connectivity index (χ3n) is 14.0. The predicted octanol–water partition coefficient (Wildman–Crippen LogP) is 6.10. The van der Waals surface area contributed by atoms with Crippen molar-refractivity contribution in [2.75, 3.05) is 0 Å². The molecule has 4 heteroatoms. The minimum absolute atomic E-state index is 0.0388. The topological polar surface area (TPSA) is 55.9 Å². The molecule has 2 saturated heterocycles. The zero-order chi connectivity index (χ0) is 24.3. The first kappa shape index (κ1) is 22.3. The lowest BCUT2D eigenvalue weighted by atomic mass is 9.31. The number of ketones is 1. The molecule has 5 aliphatic carbocycles. The van der Waals surface area contributed by atoms with E-state index in [2.05, 4.69) is 48.5 Å². The predicted molar refractivity (Wildman–Crippen MR) is 129 cm³/mol. The van der Waals surface area contributed by atoms with E-state index in [0.717, 1.165) is 51.4 Å². The lowest BCUT2D eigenvalue weighted by Crippen LogP contribution is -2.74. The van der Waals surface area contributed by atoms with Gasteiger partial charge in [-0.3, -0.25) is 9.59 Å². The van der Waals surface area contributed by atoms with Gasteiger partial charge in [-0.05, 0) is 79.4 Å². The second kappa shape index (κ2) is 5.81. The van der Waals surface area contributed by atoms with Gasteiger partial charge in [0.2, 0.25) is 0 Å². The molecule has 0 radical (unpaired) electrons. The molecule has 2 bridgehead atoms. The summed E-state index contributed by atoms with van der Waals surface area (Å²) >= 11 is 0. The van der Waals surface area contributed by atoms with Crippen molar-refractivity contribution in [1.29, 1.82) is 0 Å². The van der Waals surface area contributed by atoms with E-state index in [-0.39, 0.29) is 56.6 Å². The monoisotopic (exact) mass is 468 g/mol. The first-order chi connectivity index (χ1) is 15.7. The fourth-order valence-corrected chi connectivity index (χ4v) is 12.0. The lowest BCUT2D eigenvalue weighted by molar-refractivity contribution is -0.266. The van der Waals surface area contributed by atoms with Gasteiger partial charge in [0, 0.05) is 23.2 Å². The van der Waals surface area contributed by atoms with Crippen molar-refractivity contribution in [2.45, 2.75) is 124 Å². The summed E-state index contributed by atoms with van der Waals surface area (Å²) in [4.78, 5) is 26.7. The number of esters is 1. The summed E-state index contributed by atoms with van der Waals surface area (Å²) in [6, 6.07) is 0. The van der Waals surface area contributed by atoms with Gasteiger partial charge >= 0.3 is 5.97 Å². The van der Waals surface area contributed by atoms with Crippen LogP contribution in [0.25, 0.3) is 0 Å². The van der Waals surface area contributed by atoms with Crippen molar-refractivity contribution in [3.05, 3.63) is 0 Å². The molecule has 4 nitrogen and oxygen atoms in total. The molecule has 10 atom stereocenters. The van der Waals surface area contributed by atoms with Gasteiger partial charge in [-0.2, -0.15) is 0 Å². The standard InChI is InChI=1S/C30H44O4/c1-24(2)12-14-29-15-13-28(7)27(6)11-8-17-25(3,4)19(31)9-10-26(17,5)21(27)20-22(33-20)30(28,18(29)16-24)34-23(29)32/h17-18,20-22H,8-16H2,1-7H3/t17-,18+,20-,21+,22-,26-,27+,28-,29-,30+/m1/s1. The van der Waals surface area contributed by atoms with Crippen LogP contribution in [-0.4, -0.2) is 29.6 Å². The van der Waals surface area contributed by atoms with Crippen LogP contribution in [0.2, 0.25) is 0 Å². The van der Waals surface area contributed by atoms with Crippen LogP contribution in [-0.2, 0) is 19.1 Å². The molecule has 34 heavy (non-hydrogen) atoms. The van der Waals surface area contributed by atoms with Crippen LogP contribution in [0.5, 0.6) is 0 Å². The molecule has 1 spiro atoms. The highest BCUT2D eigenvalue weighted by Crippen LogP contribution is 2.83. The normalized spacial score (nSPS) is 60.1. The maximum Gasteiger partial charge on any atom is 0.313 e. The molecular formula is C30H44O4. The summed E-state index contributed by atoms with van der Waals surface area (Å²) in [5, 5.41) is 0. The van der Waals surface area contributed by atoms with Crippen molar-refractivity contribution in [3.8, 4) is 0 Å². The number of carbonyl (C=O) groups excluding carboxylic acids is 2. The van der Waals surface area contributed by atoms with E-state index in [0.29, 0.717) is 24.0 Å². The van der Waals surface area contributed by atoms with Gasteiger partial charge in [-0.15, -0.1) is 0 Å². The van der Waals surface area contributed by atoms with Gasteiger partial charge < -0.3 is 9.47 Å². The average Bonchev–Trinajstić information content (AvgIpc) is 3.49. The molecule has 0 unspecified atom stereocenters. The largest absolute Gasteiger partial charge is 0.455 e. The minimum Gasteiger partial charge on any atom is -0.455 e. The smallest absolute Gasteiger partial charge is 0.313 e. The molecule has 0 aromatic rings. The number of hydrogen-bond acceptors (Lipinski definition) is 4. The minimum atomic E-state index is -0.473. The van der Waals surface area contributed by atoms with E-state index < -0.39 is 5.60 Å². The molecule has 0 aromatic heterocycles. The SMILES string of the molecule is CC1(C)CC[C@]23CC[C@@]4(C)[C@@](OC2=O)([C@@H]2O[C@@H]2[C@H]2[C@]5(C)CCC(=O)C(C)(C)[C@H]5CC[C@@]24C)[C@H]3C1. The molecule has 2 heterocycles. The number of Topliss-reactive ketones (excluding diaryl/α,β-unsaturated/α-hetero) is 1. The summed E-state index contributed by atoms with van der Waals surface area (Å²) in [6.45, 7) is 16.7. The zero-order valence-corrected chi connectivity index (χ0v) is 22.4. The quantitative estimate of drug-likeness (QED) is 0.318. The van der Waals surface area contributed by atoms with Gasteiger partial charge in [0.1, 0.15) is 11.9 Å². The van der Waals surface area contributed by atoms with Gasteiger partial charge in [0.05, 0.1) is 11.5 Å². The Hall–Kier alpha value is -0.900. The molecule has 7 fully saturated rings. The Labute approximate surface area is 205 Å². The maximum atomic E-state index is 13.7. The summed E-state index contributed by atoms with van der Waals surface area (Å²) in [5.41, 5.74) is -0.720. The Morgan fingerprint density at radius 1 is 0.824 bits per heavy atom. The van der Waals surface area contributed by atoms with E-state index in [1.807, 2.05) is 0 Å². The van der Waals surface area contributed by atoms with Crippen LogP contribution in [0.3, 0.4) is 0 Å². The zero-order valence-electron chi connectivity index (χ0n) is 22.4. The first-order valence-electron chi connectivity index (χ1n) is 14.1. The van der Waals surface area contributed by atoms with E-state index in [1.54, 1.807) is 0 Å². The Morgan fingerprint density at radius 3 is 2.26 bits per heavy atom. The molecule has 0 N–H and O–H groups in total. The van der Waals surface area contributed by atoms with Gasteiger partial charge in [-0.25, -0.2) is 0 Å². The van der Waals surface area contributed by atoms with Crippen LogP contribution < -0.4 is 0 Å². The Bertz CT molecular complexity index is 1010. The highest BCUT2D eigenvalue weighted by Gasteiger charge is 2.89. The van der Waals surface area contributed by atoms with Crippen LogP contribution in [0.15, 0.2) is 0 Å². The van der Waals surface area contributed by atoms with Gasteiger partial charge in [0.15, 0.2) is 5.60 Å². The molecule has 7 rings (SSSR count). The summed E-state index contributed by atoms with van der Waals surface area (Å²) in [6.07, 6.45) is 9.31. The average molecular weight is 469 g/mol. The molecule has 5 saturated carbocycles. The Balaban J connectivity index is 1.39. The number of rotatable bonds is 0. The third-order valence-corrected chi connectivity index (χ3v) is 14.0. The first-order valence-corrected chi connectivity index (χ1v) is 14.1. The Morgan fingerprint density at radius 2 is 1.53 bits per heavy atom. The Kier molecular flexibility index (Phi) is 3.81. The number of carbonyl (C=O) groups is 2. The van der Waals surface area contributed by atoms with E-state index >= 15 is 0 Å². The van der Waals surface area contributed by atoms with Crippen molar-refractivity contribution < 1.29 is 19.1 Å². The van der Waals surface area contributed by atoms with Crippen LogP contribution in [0.4, 0.5) is 0 Å². The highest BCUT2D eigenvalue weighted by molar-refractivity contribution is 5.85. The lowest BCUT2D eigenvalue weighted by Gasteiger charge is -2.72. The van der Waals surface area contributed by atoms with Crippen LogP contribution in [0, 0.1) is 50.2 Å². The van der Waals surface area contributed by atoms with Gasteiger partial charge in [-0.1, -0.05) is 48.5 Å². The number of epoxide rings is 1. The van der Waals surface area contributed by atoms with Crippen molar-refractivity contribution in [3.63, 3.8) is 0 Å². The summed E-state index contributed by atoms with van der Waals surface area (Å²) in [5.74, 6) is 1.65. The summed E-state index contributed by atoms with van der Waals surface area (Å²) in [7, 11) is 0. The fourth-order valence-electron chi connectivity index (χ4n) is 12.0. The maximum absolute atomic E-state index is 13.7. The molecule has 0 aromatic carbocycles. The number of ether oxygens (including phenoxy) is 2. The molecule has 188 valence electrons. The van der Waals surface area contributed by atoms with Gasteiger partial charge in [0.25, 0.3) is 0 Å². The van der Waals surface area contributed by atoms with Crippen LogP contribution >= 0.6 is 0 Å². The highest BCUT2D eigenvalue weighted by atomic mass is 16.6. The van der Waals surface area contributed by atoms with Crippen molar-refractivity contribution in [2.24, 2.45) is 50.2 Å². The molecule has 0 amide bonds. The van der Waals surface area contributed by atoms with E-state index in [1.165, 1.54) is 0 Å². The number of fused-ring (bicyclic) bond motifs is 6. The van der Waals surface area contributed by atoms with Crippen molar-refractivity contribution >= 4 is 11.8 Å². The molecular weight excluding hydrogens is 424 g/mol. The second-order valence-corrected chi connectivity index (χ2v) is 15.8. The number of hydrogen-bond donors (Lipinski definition) is 0. The van der Waals surface area contributed by atoms with E-state index in [4.69, 9.17) is 9.47 Å². The molecule has 2 aliphatic heterocycles. The van der Waals surface area contributed by atoms with Crippen LogP contribution in [0.1, 0.15) is 106 Å². The van der Waals surface area contributed by atoms with E-state index in [9.17, 15) is 9.59 Å². The third kappa shape index (κ3) is 2.05. The fraction of sp³-hybridized carbons (Fsp3) is 0.933. The molecule has 7 aliphatic rings. The summed E-state index contributed by atoms with van der Waals surface area (Å²) < 4.78 is 13.6. The van der Waals surface area contributed by atoms with Crippen molar-refractivity contribution in [1.82, 2.24) is 0 Å². The second-order valence-electron chi connectivity index (χ2n) is 15.8.